The molecule has 1 aliphatic heterocycles. The number of benzene rings is 1. The smallest absolute Gasteiger partial charge is 0.328 e. The topological polar surface area (TPSA) is 29.3 Å². The summed E-state index contributed by atoms with van der Waals surface area (Å²) in [6.45, 7) is 0.806. The van der Waals surface area contributed by atoms with Gasteiger partial charge in [0.05, 0.1) is 0 Å². The van der Waals surface area contributed by atoms with Gasteiger partial charge in [-0.3, -0.25) is 4.90 Å². The molecule has 1 aromatic carbocycles. The number of halogens is 3. The number of rotatable bonds is 2. The Bertz CT molecular complexity index is 370. The molecule has 2 nitrogen and oxygen atoms in total. The van der Waals surface area contributed by atoms with Crippen LogP contribution in [0.2, 0.25) is 0 Å². The molecule has 0 aliphatic carbocycles. The standard InChI is InChI=1S/C13H17F3N2/c14-13(15,16)12(10-4-2-1-3-5-10)18-8-6-11(17)7-9-18/h1-5,11-12H,6-9,17H2. The summed E-state index contributed by atoms with van der Waals surface area (Å²) in [5, 5.41) is 0. The average Bonchev–Trinajstić information content (AvgIpc) is 2.32. The van der Waals surface area contributed by atoms with Crippen molar-refractivity contribution in [1.29, 1.82) is 0 Å². The fraction of sp³-hybridized carbons (Fsp3) is 0.538. The predicted molar refractivity (Wildman–Crippen MR) is 64.0 cm³/mol. The van der Waals surface area contributed by atoms with Crippen LogP contribution in [0.5, 0.6) is 0 Å². The summed E-state index contributed by atoms with van der Waals surface area (Å²) < 4.78 is 39.6. The van der Waals surface area contributed by atoms with Gasteiger partial charge in [0.25, 0.3) is 0 Å². The van der Waals surface area contributed by atoms with E-state index in [2.05, 4.69) is 0 Å². The van der Waals surface area contributed by atoms with Crippen LogP contribution in [0.1, 0.15) is 24.4 Å². The summed E-state index contributed by atoms with van der Waals surface area (Å²) in [5.74, 6) is 0. The van der Waals surface area contributed by atoms with Crippen molar-refractivity contribution >= 4 is 0 Å². The highest BCUT2D eigenvalue weighted by molar-refractivity contribution is 5.20. The minimum Gasteiger partial charge on any atom is -0.328 e. The maximum absolute atomic E-state index is 13.2. The van der Waals surface area contributed by atoms with Gasteiger partial charge in [0, 0.05) is 19.1 Å². The van der Waals surface area contributed by atoms with E-state index in [-0.39, 0.29) is 6.04 Å². The zero-order valence-electron chi connectivity index (χ0n) is 10.0. The largest absolute Gasteiger partial charge is 0.408 e. The first-order valence-electron chi connectivity index (χ1n) is 6.10. The van der Waals surface area contributed by atoms with Gasteiger partial charge in [0.15, 0.2) is 0 Å². The van der Waals surface area contributed by atoms with Gasteiger partial charge in [-0.1, -0.05) is 30.3 Å². The first-order valence-corrected chi connectivity index (χ1v) is 6.10. The van der Waals surface area contributed by atoms with Crippen molar-refractivity contribution in [3.8, 4) is 0 Å². The first-order chi connectivity index (χ1) is 8.48. The second-order valence-electron chi connectivity index (χ2n) is 4.73. The third-order valence-electron chi connectivity index (χ3n) is 3.36. The van der Waals surface area contributed by atoms with E-state index in [1.807, 2.05) is 0 Å². The number of nitrogens with zero attached hydrogens (tertiary/aromatic N) is 1. The summed E-state index contributed by atoms with van der Waals surface area (Å²) in [6.07, 6.45) is -3.00. The van der Waals surface area contributed by atoms with Gasteiger partial charge in [-0.25, -0.2) is 0 Å². The van der Waals surface area contributed by atoms with Crippen molar-refractivity contribution in [2.24, 2.45) is 5.73 Å². The maximum atomic E-state index is 13.2. The molecule has 1 aliphatic rings. The van der Waals surface area contributed by atoms with Crippen LogP contribution in [0, 0.1) is 0 Å². The summed E-state index contributed by atoms with van der Waals surface area (Å²) in [7, 11) is 0. The predicted octanol–water partition coefficient (Wildman–Crippen LogP) is 2.71. The molecule has 0 bridgehead atoms. The molecular formula is C13H17F3N2. The Labute approximate surface area is 105 Å². The molecule has 0 saturated carbocycles. The van der Waals surface area contributed by atoms with Crippen LogP contribution in [0.3, 0.4) is 0 Å². The average molecular weight is 258 g/mol. The molecule has 2 N–H and O–H groups in total. The highest BCUT2D eigenvalue weighted by Crippen LogP contribution is 2.38. The number of likely N-dealkylation sites (tertiary alicyclic amines) is 1. The third kappa shape index (κ3) is 3.03. The van der Waals surface area contributed by atoms with Gasteiger partial charge in [-0.15, -0.1) is 0 Å². The van der Waals surface area contributed by atoms with Crippen LogP contribution >= 0.6 is 0 Å². The van der Waals surface area contributed by atoms with Gasteiger partial charge in [-0.2, -0.15) is 13.2 Å². The number of hydrogen-bond acceptors (Lipinski definition) is 2. The van der Waals surface area contributed by atoms with Crippen molar-refractivity contribution < 1.29 is 13.2 Å². The van der Waals surface area contributed by atoms with E-state index in [1.165, 1.54) is 17.0 Å². The molecule has 5 heteroatoms. The van der Waals surface area contributed by atoms with E-state index >= 15 is 0 Å². The van der Waals surface area contributed by atoms with E-state index in [4.69, 9.17) is 5.73 Å². The zero-order valence-corrected chi connectivity index (χ0v) is 10.0. The Kier molecular flexibility index (Phi) is 3.92. The van der Waals surface area contributed by atoms with Crippen LogP contribution in [0.4, 0.5) is 13.2 Å². The van der Waals surface area contributed by atoms with E-state index in [0.717, 1.165) is 0 Å². The van der Waals surface area contributed by atoms with Crippen LogP contribution in [-0.4, -0.2) is 30.2 Å². The summed E-state index contributed by atoms with van der Waals surface area (Å²) in [5.41, 5.74) is 6.04. The second-order valence-corrected chi connectivity index (χ2v) is 4.73. The van der Waals surface area contributed by atoms with Crippen molar-refractivity contribution in [2.45, 2.75) is 31.1 Å². The SMILES string of the molecule is NC1CCN(C(c2ccccc2)C(F)(F)F)CC1. The van der Waals surface area contributed by atoms with Crippen molar-refractivity contribution in [3.63, 3.8) is 0 Å². The summed E-state index contributed by atoms with van der Waals surface area (Å²) >= 11 is 0. The lowest BCUT2D eigenvalue weighted by atomic mass is 9.99. The van der Waals surface area contributed by atoms with Crippen LogP contribution in [0.15, 0.2) is 30.3 Å². The van der Waals surface area contributed by atoms with Crippen LogP contribution < -0.4 is 5.73 Å². The van der Waals surface area contributed by atoms with Crippen molar-refractivity contribution in [3.05, 3.63) is 35.9 Å². The Hall–Kier alpha value is -1.07. The Morgan fingerprint density at radius 2 is 1.67 bits per heavy atom. The highest BCUT2D eigenvalue weighted by Gasteiger charge is 2.45. The fourth-order valence-corrected chi connectivity index (χ4v) is 2.42. The van der Waals surface area contributed by atoms with Crippen molar-refractivity contribution in [1.82, 2.24) is 4.90 Å². The Morgan fingerprint density at radius 3 is 2.17 bits per heavy atom. The zero-order chi connectivity index (χ0) is 13.2. The minimum atomic E-state index is -4.25. The maximum Gasteiger partial charge on any atom is 0.408 e. The van der Waals surface area contributed by atoms with E-state index < -0.39 is 12.2 Å². The number of hydrogen-bond donors (Lipinski definition) is 1. The number of piperidine rings is 1. The van der Waals surface area contributed by atoms with Gasteiger partial charge in [-0.05, 0) is 18.4 Å². The van der Waals surface area contributed by atoms with Gasteiger partial charge >= 0.3 is 6.18 Å². The molecule has 0 aromatic heterocycles. The number of nitrogens with two attached hydrogens (primary N) is 1. The molecule has 1 unspecified atom stereocenters. The Morgan fingerprint density at radius 1 is 1.11 bits per heavy atom. The molecule has 18 heavy (non-hydrogen) atoms. The molecule has 1 heterocycles. The third-order valence-corrected chi connectivity index (χ3v) is 3.36. The van der Waals surface area contributed by atoms with E-state index in [9.17, 15) is 13.2 Å². The fourth-order valence-electron chi connectivity index (χ4n) is 2.42. The van der Waals surface area contributed by atoms with E-state index in [0.29, 0.717) is 31.5 Å². The van der Waals surface area contributed by atoms with E-state index in [1.54, 1.807) is 18.2 Å². The lowest BCUT2D eigenvalue weighted by molar-refractivity contribution is -0.189. The quantitative estimate of drug-likeness (QED) is 0.883. The normalized spacial score (nSPS) is 20.9. The van der Waals surface area contributed by atoms with Crippen molar-refractivity contribution in [2.75, 3.05) is 13.1 Å². The van der Waals surface area contributed by atoms with Gasteiger partial charge < -0.3 is 5.73 Å². The molecule has 1 saturated heterocycles. The summed E-state index contributed by atoms with van der Waals surface area (Å²) in [4.78, 5) is 1.48. The monoisotopic (exact) mass is 258 g/mol. The molecule has 2 rings (SSSR count). The Balaban J connectivity index is 2.21. The minimum absolute atomic E-state index is 0.0332. The second kappa shape index (κ2) is 5.28. The van der Waals surface area contributed by atoms with Crippen LogP contribution in [-0.2, 0) is 0 Å². The molecule has 100 valence electrons. The highest BCUT2D eigenvalue weighted by atomic mass is 19.4. The lowest BCUT2D eigenvalue weighted by Gasteiger charge is -2.37. The number of alkyl halides is 3. The molecule has 1 aromatic rings. The molecule has 1 atom stereocenters. The first kappa shape index (κ1) is 13.4. The molecule has 0 amide bonds. The molecule has 0 radical (unpaired) electrons. The van der Waals surface area contributed by atoms with Gasteiger partial charge in [0.2, 0.25) is 0 Å². The molecule has 1 fully saturated rings. The molecule has 0 spiro atoms. The van der Waals surface area contributed by atoms with Gasteiger partial charge in [0.1, 0.15) is 6.04 Å². The van der Waals surface area contributed by atoms with Crippen LogP contribution in [0.25, 0.3) is 0 Å². The molecular weight excluding hydrogens is 241 g/mol. The lowest BCUT2D eigenvalue weighted by Crippen LogP contribution is -2.46. The summed E-state index contributed by atoms with van der Waals surface area (Å²) in [6, 6.07) is 6.60.